The summed E-state index contributed by atoms with van der Waals surface area (Å²) in [5.74, 6) is 0.616. The number of benzene rings is 1. The Bertz CT molecular complexity index is 449. The van der Waals surface area contributed by atoms with Gasteiger partial charge in [0, 0.05) is 10.0 Å². The topological polar surface area (TPSA) is 33.0 Å². The molecule has 0 radical (unpaired) electrons. The first-order valence-corrected chi connectivity index (χ1v) is 5.75. The van der Waals surface area contributed by atoms with Crippen LogP contribution >= 0.6 is 27.5 Å². The molecule has 1 saturated carbocycles. The Morgan fingerprint density at radius 2 is 2.20 bits per heavy atom. The maximum atomic E-state index is 9.13. The zero-order chi connectivity index (χ0) is 11.1. The molecule has 0 unspecified atom stereocenters. The van der Waals surface area contributed by atoms with Crippen molar-refractivity contribution in [3.63, 3.8) is 0 Å². The van der Waals surface area contributed by atoms with Gasteiger partial charge in [-0.1, -0.05) is 17.7 Å². The molecule has 1 aromatic rings. The van der Waals surface area contributed by atoms with Crippen molar-refractivity contribution in [3.05, 3.63) is 27.2 Å². The maximum Gasteiger partial charge on any atom is 0.143 e. The summed E-state index contributed by atoms with van der Waals surface area (Å²) in [7, 11) is 1.57. The number of hydrogen-bond donors (Lipinski definition) is 0. The van der Waals surface area contributed by atoms with Crippen molar-refractivity contribution in [1.29, 1.82) is 5.26 Å². The molecule has 15 heavy (non-hydrogen) atoms. The quantitative estimate of drug-likeness (QED) is 0.831. The van der Waals surface area contributed by atoms with E-state index < -0.39 is 0 Å². The Labute approximate surface area is 102 Å². The van der Waals surface area contributed by atoms with Crippen molar-refractivity contribution in [1.82, 2.24) is 0 Å². The van der Waals surface area contributed by atoms with Crippen molar-refractivity contribution in [3.8, 4) is 11.8 Å². The number of methoxy groups -OCH3 is 1. The van der Waals surface area contributed by atoms with Gasteiger partial charge in [-0.2, -0.15) is 5.26 Å². The maximum absolute atomic E-state index is 9.13. The zero-order valence-electron chi connectivity index (χ0n) is 8.18. The monoisotopic (exact) mass is 285 g/mol. The third-order valence-corrected chi connectivity index (χ3v) is 4.00. The summed E-state index contributed by atoms with van der Waals surface area (Å²) >= 11 is 9.44. The van der Waals surface area contributed by atoms with Gasteiger partial charge in [-0.15, -0.1) is 0 Å². The fourth-order valence-electron chi connectivity index (χ4n) is 1.67. The second kappa shape index (κ2) is 3.70. The van der Waals surface area contributed by atoms with Crippen LogP contribution in [0.5, 0.6) is 5.75 Å². The van der Waals surface area contributed by atoms with Crippen molar-refractivity contribution >= 4 is 27.5 Å². The van der Waals surface area contributed by atoms with Crippen LogP contribution in [0.25, 0.3) is 0 Å². The minimum atomic E-state index is -0.365. The van der Waals surface area contributed by atoms with Gasteiger partial charge in [-0.3, -0.25) is 0 Å². The minimum Gasteiger partial charge on any atom is -0.495 e. The second-order valence-electron chi connectivity index (χ2n) is 3.64. The molecule has 1 aliphatic rings. The van der Waals surface area contributed by atoms with Crippen LogP contribution in [0.2, 0.25) is 5.02 Å². The molecule has 2 nitrogen and oxygen atoms in total. The van der Waals surface area contributed by atoms with E-state index in [2.05, 4.69) is 22.0 Å². The van der Waals surface area contributed by atoms with Gasteiger partial charge in [0.1, 0.15) is 5.75 Å². The van der Waals surface area contributed by atoms with Gasteiger partial charge in [0.25, 0.3) is 0 Å². The first-order valence-electron chi connectivity index (χ1n) is 4.58. The number of nitriles is 1. The fourth-order valence-corrected chi connectivity index (χ4v) is 2.23. The lowest BCUT2D eigenvalue weighted by molar-refractivity contribution is 0.407. The molecule has 0 bridgehead atoms. The zero-order valence-corrected chi connectivity index (χ0v) is 10.5. The predicted molar refractivity (Wildman–Crippen MR) is 62.2 cm³/mol. The summed E-state index contributed by atoms with van der Waals surface area (Å²) in [5.41, 5.74) is 0.538. The van der Waals surface area contributed by atoms with Gasteiger partial charge in [0.2, 0.25) is 0 Å². The molecule has 1 aliphatic carbocycles. The first kappa shape index (κ1) is 10.8. The van der Waals surface area contributed by atoms with Crippen LogP contribution in [0.4, 0.5) is 0 Å². The molecule has 0 aliphatic heterocycles. The summed E-state index contributed by atoms with van der Waals surface area (Å²) in [6.07, 6.45) is 1.77. The number of hydrogen-bond acceptors (Lipinski definition) is 2. The molecule has 1 aromatic carbocycles. The molecule has 78 valence electrons. The van der Waals surface area contributed by atoms with E-state index in [1.54, 1.807) is 7.11 Å². The molecular weight excluding hydrogens is 277 g/mol. The second-order valence-corrected chi connectivity index (χ2v) is 4.87. The highest BCUT2D eigenvalue weighted by atomic mass is 79.9. The first-order chi connectivity index (χ1) is 7.14. The van der Waals surface area contributed by atoms with Gasteiger partial charge in [0.05, 0.1) is 23.6 Å². The van der Waals surface area contributed by atoms with E-state index in [9.17, 15) is 0 Å². The molecular formula is C11H9BrClNO. The highest BCUT2D eigenvalue weighted by molar-refractivity contribution is 9.10. The van der Waals surface area contributed by atoms with E-state index in [0.717, 1.165) is 22.9 Å². The molecule has 0 spiro atoms. The molecule has 0 N–H and O–H groups in total. The third kappa shape index (κ3) is 1.62. The van der Waals surface area contributed by atoms with Crippen molar-refractivity contribution in [2.45, 2.75) is 18.3 Å². The Morgan fingerprint density at radius 1 is 1.53 bits per heavy atom. The lowest BCUT2D eigenvalue weighted by atomic mass is 9.97. The van der Waals surface area contributed by atoms with Crippen LogP contribution in [0.1, 0.15) is 18.4 Å². The molecule has 1 fully saturated rings. The summed E-state index contributed by atoms with van der Waals surface area (Å²) in [4.78, 5) is 0. The van der Waals surface area contributed by atoms with Crippen LogP contribution < -0.4 is 4.74 Å². The molecule has 0 aromatic heterocycles. The third-order valence-electron chi connectivity index (χ3n) is 2.73. The molecule has 0 saturated heterocycles. The molecule has 0 heterocycles. The SMILES string of the molecule is COc1c(C2(C#N)CC2)ccc(Br)c1Cl. The van der Waals surface area contributed by atoms with E-state index in [1.165, 1.54) is 0 Å². The summed E-state index contributed by atoms with van der Waals surface area (Å²) in [6, 6.07) is 6.10. The number of nitrogens with zero attached hydrogens (tertiary/aromatic N) is 1. The van der Waals surface area contributed by atoms with Crippen LogP contribution in [0.15, 0.2) is 16.6 Å². The highest BCUT2D eigenvalue weighted by Gasteiger charge is 2.47. The average molecular weight is 287 g/mol. The van der Waals surface area contributed by atoms with Crippen molar-refractivity contribution in [2.24, 2.45) is 0 Å². The van der Waals surface area contributed by atoms with Gasteiger partial charge in [0.15, 0.2) is 0 Å². The van der Waals surface area contributed by atoms with Gasteiger partial charge >= 0.3 is 0 Å². The largest absolute Gasteiger partial charge is 0.495 e. The Balaban J connectivity index is 2.59. The minimum absolute atomic E-state index is 0.365. The van der Waals surface area contributed by atoms with E-state index in [1.807, 2.05) is 12.1 Å². The Hall–Kier alpha value is -0.720. The normalized spacial score (nSPS) is 16.9. The number of ether oxygens (including phenoxy) is 1. The van der Waals surface area contributed by atoms with Gasteiger partial charge in [-0.25, -0.2) is 0 Å². The number of rotatable bonds is 2. The van der Waals surface area contributed by atoms with Crippen LogP contribution in [-0.4, -0.2) is 7.11 Å². The van der Waals surface area contributed by atoms with Crippen molar-refractivity contribution < 1.29 is 4.74 Å². The van der Waals surface area contributed by atoms with Gasteiger partial charge < -0.3 is 4.74 Å². The lowest BCUT2D eigenvalue weighted by Crippen LogP contribution is -2.05. The average Bonchev–Trinajstić information content (AvgIpc) is 3.02. The van der Waals surface area contributed by atoms with Crippen LogP contribution in [0, 0.1) is 11.3 Å². The fraction of sp³-hybridized carbons (Fsp3) is 0.364. The van der Waals surface area contributed by atoms with Gasteiger partial charge in [-0.05, 0) is 34.8 Å². The highest BCUT2D eigenvalue weighted by Crippen LogP contribution is 2.53. The van der Waals surface area contributed by atoms with Crippen LogP contribution in [-0.2, 0) is 5.41 Å². The predicted octanol–water partition coefficient (Wildman–Crippen LogP) is 3.67. The summed E-state index contributed by atoms with van der Waals surface area (Å²) < 4.78 is 6.06. The lowest BCUT2D eigenvalue weighted by Gasteiger charge is -2.14. The van der Waals surface area contributed by atoms with E-state index >= 15 is 0 Å². The van der Waals surface area contributed by atoms with E-state index in [0.29, 0.717) is 10.8 Å². The van der Waals surface area contributed by atoms with Crippen LogP contribution in [0.3, 0.4) is 0 Å². The standard InChI is InChI=1S/C11H9BrClNO/c1-15-10-7(11(6-14)4-5-11)2-3-8(12)9(10)13/h2-3H,4-5H2,1H3. The van der Waals surface area contributed by atoms with E-state index in [4.69, 9.17) is 21.6 Å². The summed E-state index contributed by atoms with van der Waals surface area (Å²) in [5, 5.41) is 9.67. The smallest absolute Gasteiger partial charge is 0.143 e. The molecule has 4 heteroatoms. The molecule has 2 rings (SSSR count). The Kier molecular flexibility index (Phi) is 2.66. The molecule has 0 atom stereocenters. The number of halogens is 2. The molecule has 0 amide bonds. The van der Waals surface area contributed by atoms with Crippen molar-refractivity contribution in [2.75, 3.05) is 7.11 Å². The Morgan fingerprint density at radius 3 is 2.67 bits per heavy atom. The summed E-state index contributed by atoms with van der Waals surface area (Å²) in [6.45, 7) is 0. The van der Waals surface area contributed by atoms with E-state index in [-0.39, 0.29) is 5.41 Å².